The van der Waals surface area contributed by atoms with Crippen LogP contribution in [0.1, 0.15) is 44.9 Å². The number of hydrogen-bond acceptors (Lipinski definition) is 3. The Labute approximate surface area is 120 Å². The van der Waals surface area contributed by atoms with Crippen molar-refractivity contribution in [1.82, 2.24) is 4.72 Å². The van der Waals surface area contributed by atoms with Gasteiger partial charge in [0.1, 0.15) is 5.82 Å². The van der Waals surface area contributed by atoms with Crippen LogP contribution in [0, 0.1) is 22.9 Å². The molecule has 2 atom stereocenters. The van der Waals surface area contributed by atoms with E-state index < -0.39 is 32.5 Å². The molecule has 0 amide bonds. The van der Waals surface area contributed by atoms with Crippen LogP contribution < -0.4 is 4.72 Å². The smallest absolute Gasteiger partial charge is 0.258 e. The van der Waals surface area contributed by atoms with Gasteiger partial charge in [0.05, 0.1) is 20.7 Å². The molecule has 5 nitrogen and oxygen atoms in total. The van der Waals surface area contributed by atoms with Gasteiger partial charge in [-0.2, -0.15) is 0 Å². The van der Waals surface area contributed by atoms with Gasteiger partial charge in [0, 0.05) is 23.7 Å². The molecular weight excluding hydrogens is 283 g/mol. The maximum atomic E-state index is 14.1. The van der Waals surface area contributed by atoms with Gasteiger partial charge in [-0.1, -0.05) is 0 Å². The first-order chi connectivity index (χ1) is 9.04. The number of nitrogens with one attached hydrogen (secondary N) is 1. The number of rotatable bonds is 4. The Morgan fingerprint density at radius 1 is 1.40 bits per heavy atom. The van der Waals surface area contributed by atoms with Gasteiger partial charge in [-0.05, 0) is 40.2 Å². The molecule has 1 aromatic rings. The summed E-state index contributed by atoms with van der Waals surface area (Å²) in [7, 11) is -1.39. The average Bonchev–Trinajstić information content (AvgIpc) is 2.30. The Morgan fingerprint density at radius 2 is 1.95 bits per heavy atom. The van der Waals surface area contributed by atoms with Gasteiger partial charge >= 0.3 is 0 Å². The van der Waals surface area contributed by atoms with Crippen molar-refractivity contribution >= 4 is 16.7 Å². The summed E-state index contributed by atoms with van der Waals surface area (Å²) in [6.07, 6.45) is 0. The van der Waals surface area contributed by atoms with E-state index in [4.69, 9.17) is 0 Å². The van der Waals surface area contributed by atoms with Crippen LogP contribution in [0.15, 0.2) is 12.1 Å². The summed E-state index contributed by atoms with van der Waals surface area (Å²) in [5.41, 5.74) is 0.174. The standard InChI is InChI=1S/C13H19FN2O3S/c1-8-6-10(16(17)18)7-11(12(8)14)9(2)15-20(19)13(3,4)5/h6-7,9,15H,1-5H3/t9-,20+/m1/s1. The number of nitro groups is 1. The SMILES string of the molecule is Cc1cc([N+](=O)[O-])cc([C@@H](C)N[S@@](=O)C(C)(C)C)c1F. The zero-order valence-corrected chi connectivity index (χ0v) is 13.0. The summed E-state index contributed by atoms with van der Waals surface area (Å²) in [6, 6.07) is 1.78. The van der Waals surface area contributed by atoms with Gasteiger partial charge in [-0.3, -0.25) is 10.1 Å². The quantitative estimate of drug-likeness (QED) is 0.686. The second-order valence-corrected chi connectivity index (χ2v) is 7.64. The highest BCUT2D eigenvalue weighted by Crippen LogP contribution is 2.26. The molecule has 1 N–H and O–H groups in total. The first-order valence-electron chi connectivity index (χ1n) is 6.16. The molecule has 0 unspecified atom stereocenters. The molecule has 0 fully saturated rings. The minimum absolute atomic E-state index is 0.148. The lowest BCUT2D eigenvalue weighted by atomic mass is 10.0. The van der Waals surface area contributed by atoms with E-state index in [1.54, 1.807) is 27.7 Å². The van der Waals surface area contributed by atoms with E-state index in [9.17, 15) is 18.7 Å². The van der Waals surface area contributed by atoms with Gasteiger partial charge < -0.3 is 0 Å². The van der Waals surface area contributed by atoms with E-state index >= 15 is 0 Å². The van der Waals surface area contributed by atoms with Gasteiger partial charge in [-0.15, -0.1) is 0 Å². The van der Waals surface area contributed by atoms with Crippen LogP contribution in [0.25, 0.3) is 0 Å². The van der Waals surface area contributed by atoms with Crippen LogP contribution in [0.2, 0.25) is 0 Å². The third kappa shape index (κ3) is 3.83. The normalized spacial score (nSPS) is 14.9. The molecule has 7 heteroatoms. The number of aryl methyl sites for hydroxylation is 1. The molecule has 0 aliphatic heterocycles. The molecule has 0 bridgehead atoms. The van der Waals surface area contributed by atoms with E-state index in [-0.39, 0.29) is 16.8 Å². The monoisotopic (exact) mass is 302 g/mol. The Bertz CT molecular complexity index is 555. The van der Waals surface area contributed by atoms with Crippen LogP contribution >= 0.6 is 0 Å². The highest BCUT2D eigenvalue weighted by atomic mass is 32.2. The maximum Gasteiger partial charge on any atom is 0.270 e. The highest BCUT2D eigenvalue weighted by molar-refractivity contribution is 7.84. The average molecular weight is 302 g/mol. The van der Waals surface area contributed by atoms with Crippen LogP contribution in [-0.4, -0.2) is 13.9 Å². The van der Waals surface area contributed by atoms with E-state index in [1.165, 1.54) is 19.1 Å². The third-order valence-corrected chi connectivity index (χ3v) is 4.46. The van der Waals surface area contributed by atoms with Crippen molar-refractivity contribution in [2.75, 3.05) is 0 Å². The zero-order chi connectivity index (χ0) is 15.7. The predicted molar refractivity (Wildman–Crippen MR) is 77.2 cm³/mol. The van der Waals surface area contributed by atoms with Crippen molar-refractivity contribution in [3.05, 3.63) is 39.2 Å². The van der Waals surface area contributed by atoms with Crippen molar-refractivity contribution in [2.45, 2.75) is 45.4 Å². The summed E-state index contributed by atoms with van der Waals surface area (Å²) in [5.74, 6) is -0.512. The highest BCUT2D eigenvalue weighted by Gasteiger charge is 2.24. The summed E-state index contributed by atoms with van der Waals surface area (Å²) < 4.78 is 28.4. The van der Waals surface area contributed by atoms with Crippen molar-refractivity contribution < 1.29 is 13.5 Å². The molecule has 0 saturated heterocycles. The number of benzene rings is 1. The number of hydrogen-bond donors (Lipinski definition) is 1. The largest absolute Gasteiger partial charge is 0.270 e. The lowest BCUT2D eigenvalue weighted by Crippen LogP contribution is -2.35. The maximum absolute atomic E-state index is 14.1. The van der Waals surface area contributed by atoms with E-state index in [2.05, 4.69) is 4.72 Å². The van der Waals surface area contributed by atoms with Crippen LogP contribution in [0.3, 0.4) is 0 Å². The second kappa shape index (κ2) is 5.97. The Hall–Kier alpha value is -1.34. The fourth-order valence-corrected chi connectivity index (χ4v) is 2.40. The molecule has 1 aromatic carbocycles. The summed E-state index contributed by atoms with van der Waals surface area (Å²) >= 11 is 0. The minimum atomic E-state index is -1.39. The van der Waals surface area contributed by atoms with Crippen molar-refractivity contribution in [1.29, 1.82) is 0 Å². The van der Waals surface area contributed by atoms with E-state index in [0.717, 1.165) is 0 Å². The fourth-order valence-electron chi connectivity index (χ4n) is 1.60. The van der Waals surface area contributed by atoms with Crippen molar-refractivity contribution in [3.63, 3.8) is 0 Å². The number of nitrogens with zero attached hydrogens (tertiary/aromatic N) is 1. The lowest BCUT2D eigenvalue weighted by molar-refractivity contribution is -0.385. The molecule has 0 aliphatic carbocycles. The van der Waals surface area contributed by atoms with E-state index in [0.29, 0.717) is 0 Å². The second-order valence-electron chi connectivity index (χ2n) is 5.64. The molecule has 1 rings (SSSR count). The predicted octanol–water partition coefficient (Wildman–Crippen LogP) is 3.16. The summed E-state index contributed by atoms with van der Waals surface area (Å²) in [6.45, 7) is 8.47. The van der Waals surface area contributed by atoms with Crippen molar-refractivity contribution in [3.8, 4) is 0 Å². The molecule has 0 aromatic heterocycles. The molecule has 20 heavy (non-hydrogen) atoms. The topological polar surface area (TPSA) is 72.2 Å². The van der Waals surface area contributed by atoms with Gasteiger partial charge in [0.15, 0.2) is 0 Å². The number of non-ortho nitro benzene ring substituents is 1. The van der Waals surface area contributed by atoms with Crippen LogP contribution in [0.5, 0.6) is 0 Å². The Balaban J connectivity index is 3.13. The first kappa shape index (κ1) is 16.7. The summed E-state index contributed by atoms with van der Waals surface area (Å²) in [5, 5.41) is 10.8. The first-order valence-corrected chi connectivity index (χ1v) is 7.31. The molecule has 0 aliphatic rings. The molecule has 112 valence electrons. The molecule has 0 heterocycles. The lowest BCUT2D eigenvalue weighted by Gasteiger charge is -2.22. The van der Waals surface area contributed by atoms with Gasteiger partial charge in [-0.25, -0.2) is 13.3 Å². The molecule has 0 saturated carbocycles. The minimum Gasteiger partial charge on any atom is -0.258 e. The third-order valence-electron chi connectivity index (χ3n) is 2.78. The van der Waals surface area contributed by atoms with Crippen LogP contribution in [-0.2, 0) is 11.0 Å². The molecule has 0 spiro atoms. The van der Waals surface area contributed by atoms with Gasteiger partial charge in [0.2, 0.25) is 0 Å². The van der Waals surface area contributed by atoms with E-state index in [1.807, 2.05) is 0 Å². The number of halogens is 1. The van der Waals surface area contributed by atoms with Crippen LogP contribution in [0.4, 0.5) is 10.1 Å². The Morgan fingerprint density at radius 3 is 2.40 bits per heavy atom. The number of nitro benzene ring substituents is 1. The zero-order valence-electron chi connectivity index (χ0n) is 12.2. The van der Waals surface area contributed by atoms with Gasteiger partial charge in [0.25, 0.3) is 5.69 Å². The molecule has 0 radical (unpaired) electrons. The van der Waals surface area contributed by atoms with Crippen molar-refractivity contribution in [2.24, 2.45) is 0 Å². The summed E-state index contributed by atoms with van der Waals surface area (Å²) in [4.78, 5) is 10.3. The Kier molecular flexibility index (Phi) is 4.99. The fraction of sp³-hybridized carbons (Fsp3) is 0.538. The molecular formula is C13H19FN2O3S.